The number of amides is 3. The molecule has 2 heterocycles. The molecule has 0 aromatic heterocycles. The van der Waals surface area contributed by atoms with Crippen LogP contribution in [-0.2, 0) is 27.3 Å². The molecule has 0 saturated carbocycles. The van der Waals surface area contributed by atoms with Crippen LogP contribution in [0.2, 0.25) is 0 Å². The van der Waals surface area contributed by atoms with Gasteiger partial charge in [0.1, 0.15) is 0 Å². The lowest BCUT2D eigenvalue weighted by Crippen LogP contribution is -2.61. The van der Waals surface area contributed by atoms with Crippen molar-refractivity contribution < 1.29 is 14.4 Å². The molecule has 4 rings (SSSR count). The molecule has 0 aliphatic carbocycles. The molecule has 2 aliphatic rings. The van der Waals surface area contributed by atoms with Gasteiger partial charge in [0.25, 0.3) is 0 Å². The van der Waals surface area contributed by atoms with Gasteiger partial charge in [-0.25, -0.2) is 0 Å². The highest BCUT2D eigenvalue weighted by atomic mass is 16.2. The summed E-state index contributed by atoms with van der Waals surface area (Å²) >= 11 is 0. The van der Waals surface area contributed by atoms with Crippen molar-refractivity contribution >= 4 is 17.7 Å². The van der Waals surface area contributed by atoms with Crippen molar-refractivity contribution in [2.24, 2.45) is 5.92 Å². The van der Waals surface area contributed by atoms with Gasteiger partial charge >= 0.3 is 0 Å². The van der Waals surface area contributed by atoms with E-state index in [9.17, 15) is 14.4 Å². The zero-order valence-electron chi connectivity index (χ0n) is 17.0. The first kappa shape index (κ1) is 20.1. The van der Waals surface area contributed by atoms with Crippen LogP contribution in [0.5, 0.6) is 0 Å². The summed E-state index contributed by atoms with van der Waals surface area (Å²) in [5.41, 5.74) is 2.19. The third-order valence-electron chi connectivity index (χ3n) is 5.96. The number of nitrogens with zero attached hydrogens (tertiary/aromatic N) is 2. The number of hydrogen-bond acceptors (Lipinski definition) is 3. The van der Waals surface area contributed by atoms with Crippen LogP contribution in [0.15, 0.2) is 60.7 Å². The van der Waals surface area contributed by atoms with E-state index < -0.39 is 0 Å². The topological polar surface area (TPSA) is 69.7 Å². The van der Waals surface area contributed by atoms with E-state index in [-0.39, 0.29) is 36.1 Å². The Labute approximate surface area is 176 Å². The second-order valence-electron chi connectivity index (χ2n) is 8.09. The lowest BCUT2D eigenvalue weighted by molar-refractivity contribution is -0.144. The Morgan fingerprint density at radius 2 is 1.53 bits per heavy atom. The summed E-state index contributed by atoms with van der Waals surface area (Å²) in [4.78, 5) is 40.9. The van der Waals surface area contributed by atoms with Crippen molar-refractivity contribution in [3.05, 3.63) is 71.8 Å². The fourth-order valence-electron chi connectivity index (χ4n) is 4.10. The summed E-state index contributed by atoms with van der Waals surface area (Å²) in [5, 5.41) is 2.93. The van der Waals surface area contributed by atoms with Gasteiger partial charge in [-0.1, -0.05) is 60.7 Å². The molecule has 30 heavy (non-hydrogen) atoms. The lowest BCUT2D eigenvalue weighted by atomic mass is 10.0. The molecular weight excluding hydrogens is 378 g/mol. The molecule has 1 N–H and O–H groups in total. The predicted molar refractivity (Wildman–Crippen MR) is 113 cm³/mol. The van der Waals surface area contributed by atoms with Gasteiger partial charge in [0.05, 0.1) is 12.0 Å². The molecule has 6 heteroatoms. The highest BCUT2D eigenvalue weighted by Crippen LogP contribution is 2.25. The first-order chi connectivity index (χ1) is 14.6. The standard InChI is InChI=1S/C24H27N3O3/c28-22(12-11-18-7-3-1-4-8-18)26-16-21(17-26)27-15-20(13-23(27)29)24(30)25-14-19-9-5-2-6-10-19/h1-10,20-21H,11-17H2,(H,25,30). The summed E-state index contributed by atoms with van der Waals surface area (Å²) in [6.07, 6.45) is 1.46. The molecule has 0 radical (unpaired) electrons. The van der Waals surface area contributed by atoms with E-state index in [1.807, 2.05) is 65.6 Å². The second-order valence-corrected chi connectivity index (χ2v) is 8.09. The van der Waals surface area contributed by atoms with Crippen LogP contribution in [0.4, 0.5) is 0 Å². The summed E-state index contributed by atoms with van der Waals surface area (Å²) in [6.45, 7) is 2.04. The van der Waals surface area contributed by atoms with E-state index in [1.54, 1.807) is 4.90 Å². The van der Waals surface area contributed by atoms with Gasteiger partial charge in [-0.3, -0.25) is 14.4 Å². The molecule has 156 valence electrons. The minimum absolute atomic E-state index is 0.0104. The Morgan fingerprint density at radius 3 is 2.20 bits per heavy atom. The highest BCUT2D eigenvalue weighted by molar-refractivity contribution is 5.89. The van der Waals surface area contributed by atoms with Gasteiger partial charge in [0, 0.05) is 39.0 Å². The van der Waals surface area contributed by atoms with Gasteiger partial charge in [0.15, 0.2) is 0 Å². The average Bonchev–Trinajstić information content (AvgIpc) is 3.12. The normalized spacial score (nSPS) is 18.9. The fourth-order valence-corrected chi connectivity index (χ4v) is 4.10. The van der Waals surface area contributed by atoms with Gasteiger partial charge in [0.2, 0.25) is 17.7 Å². The molecule has 2 aliphatic heterocycles. The Kier molecular flexibility index (Phi) is 6.12. The van der Waals surface area contributed by atoms with Crippen LogP contribution in [0.1, 0.15) is 24.0 Å². The molecule has 1 unspecified atom stereocenters. The van der Waals surface area contributed by atoms with Crippen molar-refractivity contribution in [1.82, 2.24) is 15.1 Å². The van der Waals surface area contributed by atoms with E-state index in [0.717, 1.165) is 17.5 Å². The van der Waals surface area contributed by atoms with E-state index in [0.29, 0.717) is 32.6 Å². The number of benzene rings is 2. The number of carbonyl (C=O) groups is 3. The van der Waals surface area contributed by atoms with Crippen molar-refractivity contribution in [3.8, 4) is 0 Å². The number of nitrogens with one attached hydrogen (secondary N) is 1. The molecule has 2 aromatic rings. The minimum Gasteiger partial charge on any atom is -0.352 e. The maximum Gasteiger partial charge on any atom is 0.225 e. The number of hydrogen-bond donors (Lipinski definition) is 1. The summed E-state index contributed by atoms with van der Waals surface area (Å²) < 4.78 is 0. The molecule has 2 aromatic carbocycles. The molecule has 1 atom stereocenters. The van der Waals surface area contributed by atoms with Crippen molar-refractivity contribution in [2.45, 2.75) is 31.8 Å². The monoisotopic (exact) mass is 405 g/mol. The molecule has 6 nitrogen and oxygen atoms in total. The van der Waals surface area contributed by atoms with Crippen molar-refractivity contribution in [1.29, 1.82) is 0 Å². The number of aryl methyl sites for hydroxylation is 1. The predicted octanol–water partition coefficient (Wildman–Crippen LogP) is 1.99. The maximum absolute atomic E-state index is 12.5. The maximum atomic E-state index is 12.5. The molecule has 0 spiro atoms. The van der Waals surface area contributed by atoms with Crippen molar-refractivity contribution in [2.75, 3.05) is 19.6 Å². The van der Waals surface area contributed by atoms with Crippen LogP contribution in [-0.4, -0.2) is 53.2 Å². The molecule has 2 saturated heterocycles. The Morgan fingerprint density at radius 1 is 0.900 bits per heavy atom. The third kappa shape index (κ3) is 4.70. The van der Waals surface area contributed by atoms with Gasteiger partial charge in [-0.2, -0.15) is 0 Å². The SMILES string of the molecule is O=C(NCc1ccccc1)C1CC(=O)N(C2CN(C(=O)CCc3ccccc3)C2)C1. The third-order valence-corrected chi connectivity index (χ3v) is 5.96. The number of rotatable bonds is 7. The Balaban J connectivity index is 1.20. The molecule has 2 fully saturated rings. The van der Waals surface area contributed by atoms with E-state index in [4.69, 9.17) is 0 Å². The smallest absolute Gasteiger partial charge is 0.225 e. The minimum atomic E-state index is -0.316. The molecular formula is C24H27N3O3. The quantitative estimate of drug-likeness (QED) is 0.766. The van der Waals surface area contributed by atoms with Crippen LogP contribution < -0.4 is 5.32 Å². The lowest BCUT2D eigenvalue weighted by Gasteiger charge is -2.44. The van der Waals surface area contributed by atoms with Crippen molar-refractivity contribution in [3.63, 3.8) is 0 Å². The largest absolute Gasteiger partial charge is 0.352 e. The van der Waals surface area contributed by atoms with Gasteiger partial charge < -0.3 is 15.1 Å². The number of likely N-dealkylation sites (tertiary alicyclic amines) is 2. The zero-order valence-corrected chi connectivity index (χ0v) is 17.0. The molecule has 3 amide bonds. The Bertz CT molecular complexity index is 894. The Hall–Kier alpha value is -3.15. The second kappa shape index (κ2) is 9.11. The summed E-state index contributed by atoms with van der Waals surface area (Å²) in [5.74, 6) is -0.260. The van der Waals surface area contributed by atoms with Gasteiger partial charge in [-0.15, -0.1) is 0 Å². The zero-order chi connectivity index (χ0) is 20.9. The van der Waals surface area contributed by atoms with E-state index in [2.05, 4.69) is 5.32 Å². The van der Waals surface area contributed by atoms with Crippen LogP contribution >= 0.6 is 0 Å². The van der Waals surface area contributed by atoms with E-state index in [1.165, 1.54) is 0 Å². The molecule has 0 bridgehead atoms. The van der Waals surface area contributed by atoms with Gasteiger partial charge in [-0.05, 0) is 17.5 Å². The van der Waals surface area contributed by atoms with Crippen LogP contribution in [0.3, 0.4) is 0 Å². The summed E-state index contributed by atoms with van der Waals surface area (Å²) in [6, 6.07) is 19.7. The first-order valence-electron chi connectivity index (χ1n) is 10.5. The fraction of sp³-hybridized carbons (Fsp3) is 0.375. The highest BCUT2D eigenvalue weighted by Gasteiger charge is 2.43. The first-order valence-corrected chi connectivity index (χ1v) is 10.5. The number of carbonyl (C=O) groups excluding carboxylic acids is 3. The average molecular weight is 405 g/mol. The van der Waals surface area contributed by atoms with E-state index >= 15 is 0 Å². The summed E-state index contributed by atoms with van der Waals surface area (Å²) in [7, 11) is 0. The van der Waals surface area contributed by atoms with Crippen LogP contribution in [0, 0.1) is 5.92 Å². The van der Waals surface area contributed by atoms with Crippen LogP contribution in [0.25, 0.3) is 0 Å².